The summed E-state index contributed by atoms with van der Waals surface area (Å²) in [7, 11) is 1.66. The quantitative estimate of drug-likeness (QED) is 0.647. The molecule has 1 aliphatic rings. The van der Waals surface area contributed by atoms with Crippen molar-refractivity contribution in [2.45, 2.75) is 12.5 Å². The van der Waals surface area contributed by atoms with Gasteiger partial charge in [-0.1, -0.05) is 60.1 Å². The highest BCUT2D eigenvalue weighted by atomic mass is 35.5. The van der Waals surface area contributed by atoms with Gasteiger partial charge in [-0.25, -0.2) is 0 Å². The summed E-state index contributed by atoms with van der Waals surface area (Å²) >= 11 is 6.52. The molecule has 2 heterocycles. The second-order valence-electron chi connectivity index (χ2n) is 6.50. The number of fused-ring (bicyclic) bond motifs is 1. The first kappa shape index (κ1) is 17.8. The second kappa shape index (κ2) is 7.55. The Morgan fingerprint density at radius 1 is 1.15 bits per heavy atom. The van der Waals surface area contributed by atoms with E-state index in [2.05, 4.69) is 10.2 Å². The van der Waals surface area contributed by atoms with Crippen LogP contribution in [0.15, 0.2) is 54.6 Å². The van der Waals surface area contributed by atoms with E-state index in [9.17, 15) is 4.79 Å². The number of hydrogen-bond donors (Lipinski definition) is 1. The number of nitrogens with one attached hydrogen (secondary N) is 1. The van der Waals surface area contributed by atoms with Gasteiger partial charge < -0.3 is 9.64 Å². The first-order chi connectivity index (χ1) is 13.2. The number of hydrogen-bond acceptors (Lipinski definition) is 3. The van der Waals surface area contributed by atoms with Crippen LogP contribution in [0.25, 0.3) is 11.3 Å². The van der Waals surface area contributed by atoms with E-state index in [1.807, 2.05) is 59.5 Å². The topological polar surface area (TPSA) is 58.2 Å². The predicted octanol–water partition coefficient (Wildman–Crippen LogP) is 4.31. The van der Waals surface area contributed by atoms with Gasteiger partial charge in [0, 0.05) is 36.4 Å². The lowest BCUT2D eigenvalue weighted by Gasteiger charge is -2.27. The number of amides is 1. The number of H-pyrrole nitrogens is 1. The van der Waals surface area contributed by atoms with Gasteiger partial charge in [0.25, 0.3) is 5.91 Å². The molecule has 0 saturated carbocycles. The molecule has 0 bridgehead atoms. The molecule has 1 aromatic heterocycles. The molecule has 0 aliphatic carbocycles. The van der Waals surface area contributed by atoms with Crippen molar-refractivity contribution in [3.63, 3.8) is 0 Å². The Balaban J connectivity index is 1.84. The van der Waals surface area contributed by atoms with E-state index in [4.69, 9.17) is 16.3 Å². The Morgan fingerprint density at radius 3 is 2.63 bits per heavy atom. The predicted molar refractivity (Wildman–Crippen MR) is 105 cm³/mol. The molecule has 6 heteroatoms. The molecule has 1 amide bonds. The first-order valence-electron chi connectivity index (χ1n) is 8.90. The standard InChI is InChI=1S/C21H20ClN3O2/c1-27-13-7-12-25-20(15-10-5-6-11-16(15)22)17-18(14-8-3-2-4-9-14)23-24-19(17)21(25)26/h2-6,8-11,20H,7,12-13H2,1H3,(H,23,24). The maximum absolute atomic E-state index is 13.1. The molecule has 138 valence electrons. The van der Waals surface area contributed by atoms with Gasteiger partial charge in [-0.3, -0.25) is 9.89 Å². The van der Waals surface area contributed by atoms with Gasteiger partial charge in [0.05, 0.1) is 11.7 Å². The van der Waals surface area contributed by atoms with E-state index in [1.165, 1.54) is 0 Å². The molecule has 0 fully saturated rings. The molecule has 0 spiro atoms. The molecule has 1 N–H and O–H groups in total. The van der Waals surface area contributed by atoms with Crippen molar-refractivity contribution < 1.29 is 9.53 Å². The second-order valence-corrected chi connectivity index (χ2v) is 6.90. The van der Waals surface area contributed by atoms with Crippen molar-refractivity contribution in [2.24, 2.45) is 0 Å². The summed E-state index contributed by atoms with van der Waals surface area (Å²) in [5.74, 6) is -0.0549. The molecule has 4 rings (SSSR count). The summed E-state index contributed by atoms with van der Waals surface area (Å²) in [6.45, 7) is 1.18. The molecule has 3 aromatic rings. The lowest BCUT2D eigenvalue weighted by molar-refractivity contribution is 0.0723. The number of ether oxygens (including phenoxy) is 1. The minimum Gasteiger partial charge on any atom is -0.385 e. The van der Waals surface area contributed by atoms with Gasteiger partial charge in [-0.2, -0.15) is 5.10 Å². The van der Waals surface area contributed by atoms with Crippen LogP contribution in [-0.2, 0) is 4.74 Å². The van der Waals surface area contributed by atoms with Crippen LogP contribution in [0.4, 0.5) is 0 Å². The average Bonchev–Trinajstić information content (AvgIpc) is 3.23. The van der Waals surface area contributed by atoms with E-state index >= 15 is 0 Å². The van der Waals surface area contributed by atoms with Gasteiger partial charge in [0.15, 0.2) is 0 Å². The van der Waals surface area contributed by atoms with Crippen molar-refractivity contribution in [3.05, 3.63) is 76.4 Å². The van der Waals surface area contributed by atoms with E-state index in [1.54, 1.807) is 7.11 Å². The van der Waals surface area contributed by atoms with Crippen molar-refractivity contribution in [2.75, 3.05) is 20.3 Å². The molecule has 1 aliphatic heterocycles. The third kappa shape index (κ3) is 3.13. The van der Waals surface area contributed by atoms with Crippen LogP contribution >= 0.6 is 11.6 Å². The SMILES string of the molecule is COCCCN1C(=O)c2[nH]nc(-c3ccccc3)c2C1c1ccccc1Cl. The summed E-state index contributed by atoms with van der Waals surface area (Å²) in [6.07, 6.45) is 0.752. The Bertz CT molecular complexity index is 955. The maximum atomic E-state index is 13.1. The van der Waals surface area contributed by atoms with Gasteiger partial charge in [0.1, 0.15) is 5.69 Å². The highest BCUT2D eigenvalue weighted by molar-refractivity contribution is 6.31. The van der Waals surface area contributed by atoms with Crippen molar-refractivity contribution in [3.8, 4) is 11.3 Å². The molecule has 5 nitrogen and oxygen atoms in total. The fourth-order valence-electron chi connectivity index (χ4n) is 3.64. The molecule has 1 atom stereocenters. The molecule has 27 heavy (non-hydrogen) atoms. The number of benzene rings is 2. The summed E-state index contributed by atoms with van der Waals surface area (Å²) < 4.78 is 5.17. The van der Waals surface area contributed by atoms with Crippen LogP contribution < -0.4 is 0 Å². The number of carbonyl (C=O) groups is 1. The fourth-order valence-corrected chi connectivity index (χ4v) is 3.88. The number of aromatic nitrogens is 2. The van der Waals surface area contributed by atoms with Gasteiger partial charge >= 0.3 is 0 Å². The van der Waals surface area contributed by atoms with Crippen LogP contribution in [0.3, 0.4) is 0 Å². The zero-order valence-corrected chi connectivity index (χ0v) is 15.7. The monoisotopic (exact) mass is 381 g/mol. The normalized spacial score (nSPS) is 16.0. The highest BCUT2D eigenvalue weighted by Crippen LogP contribution is 2.44. The van der Waals surface area contributed by atoms with E-state index in [-0.39, 0.29) is 11.9 Å². The molecular weight excluding hydrogens is 362 g/mol. The Kier molecular flexibility index (Phi) is 4.97. The largest absolute Gasteiger partial charge is 0.385 e. The van der Waals surface area contributed by atoms with Crippen LogP contribution in [0.1, 0.15) is 34.1 Å². The number of methoxy groups -OCH3 is 1. The summed E-state index contributed by atoms with van der Waals surface area (Å²) in [5, 5.41) is 8.05. The number of nitrogens with zero attached hydrogens (tertiary/aromatic N) is 2. The summed E-state index contributed by atoms with van der Waals surface area (Å²) in [5.41, 5.74) is 4.09. The molecule has 2 aromatic carbocycles. The molecule has 1 unspecified atom stereocenters. The highest BCUT2D eigenvalue weighted by Gasteiger charge is 2.42. The summed E-state index contributed by atoms with van der Waals surface area (Å²) in [4.78, 5) is 15.0. The van der Waals surface area contributed by atoms with Crippen molar-refractivity contribution in [1.82, 2.24) is 15.1 Å². The number of aromatic amines is 1. The van der Waals surface area contributed by atoms with Crippen LogP contribution in [0, 0.1) is 0 Å². The third-order valence-corrected chi connectivity index (χ3v) is 5.20. The van der Waals surface area contributed by atoms with Crippen LogP contribution in [0.2, 0.25) is 5.02 Å². The smallest absolute Gasteiger partial charge is 0.273 e. The van der Waals surface area contributed by atoms with E-state index < -0.39 is 0 Å². The number of rotatable bonds is 6. The van der Waals surface area contributed by atoms with Crippen LogP contribution in [0.5, 0.6) is 0 Å². The number of carbonyl (C=O) groups excluding carboxylic acids is 1. The van der Waals surface area contributed by atoms with E-state index in [0.29, 0.717) is 23.9 Å². The minimum absolute atomic E-state index is 0.0549. The number of halogens is 1. The van der Waals surface area contributed by atoms with Crippen molar-refractivity contribution in [1.29, 1.82) is 0 Å². The summed E-state index contributed by atoms with van der Waals surface area (Å²) in [6, 6.07) is 17.3. The minimum atomic E-state index is -0.271. The van der Waals surface area contributed by atoms with Crippen LogP contribution in [-0.4, -0.2) is 41.3 Å². The molecule has 0 saturated heterocycles. The molecule has 0 radical (unpaired) electrons. The molecular formula is C21H20ClN3O2. The lowest BCUT2D eigenvalue weighted by atomic mass is 9.96. The van der Waals surface area contributed by atoms with Gasteiger partial charge in [0.2, 0.25) is 0 Å². The zero-order chi connectivity index (χ0) is 18.8. The third-order valence-electron chi connectivity index (χ3n) is 4.86. The fraction of sp³-hybridized carbons (Fsp3) is 0.238. The zero-order valence-electron chi connectivity index (χ0n) is 15.0. The Hall–Kier alpha value is -2.63. The maximum Gasteiger partial charge on any atom is 0.273 e. The van der Waals surface area contributed by atoms with E-state index in [0.717, 1.165) is 28.8 Å². The Morgan fingerprint density at radius 2 is 1.89 bits per heavy atom. The first-order valence-corrected chi connectivity index (χ1v) is 9.28. The van der Waals surface area contributed by atoms with Gasteiger partial charge in [-0.15, -0.1) is 0 Å². The lowest BCUT2D eigenvalue weighted by Crippen LogP contribution is -2.31. The average molecular weight is 382 g/mol. The van der Waals surface area contributed by atoms with Gasteiger partial charge in [-0.05, 0) is 18.1 Å². The Labute approximate surface area is 162 Å². The van der Waals surface area contributed by atoms with Crippen molar-refractivity contribution >= 4 is 17.5 Å².